The topological polar surface area (TPSA) is 44.8 Å². The van der Waals surface area contributed by atoms with Gasteiger partial charge in [-0.2, -0.15) is 0 Å². The highest BCUT2D eigenvalue weighted by molar-refractivity contribution is 14.1. The molecule has 0 aliphatic heterocycles. The Morgan fingerprint density at radius 3 is 2.38 bits per heavy atom. The number of ether oxygens (including phenoxy) is 3. The zero-order chi connectivity index (χ0) is 18.2. The second-order valence-corrected chi connectivity index (χ2v) is 7.44. The Labute approximate surface area is 158 Å². The molecular weight excluding hydrogens is 419 g/mol. The molecule has 5 heteroatoms. The van der Waals surface area contributed by atoms with Gasteiger partial charge < -0.3 is 14.2 Å². The van der Waals surface area contributed by atoms with Crippen LogP contribution in [0.5, 0.6) is 5.75 Å². The second kappa shape index (κ2) is 10.0. The molecule has 134 valence electrons. The van der Waals surface area contributed by atoms with E-state index in [-0.39, 0.29) is 24.6 Å². The highest BCUT2D eigenvalue weighted by atomic mass is 127. The number of rotatable bonds is 8. The van der Waals surface area contributed by atoms with Crippen molar-refractivity contribution in [3.8, 4) is 5.75 Å². The Morgan fingerprint density at radius 1 is 1.25 bits per heavy atom. The Bertz CT molecular complexity index is 531. The highest BCUT2D eigenvalue weighted by Gasteiger charge is 2.25. The van der Waals surface area contributed by atoms with Crippen molar-refractivity contribution in [2.24, 2.45) is 11.3 Å². The van der Waals surface area contributed by atoms with Crippen molar-refractivity contribution in [1.29, 1.82) is 0 Å². The molecule has 24 heavy (non-hydrogen) atoms. The van der Waals surface area contributed by atoms with Crippen LogP contribution in [0.4, 0.5) is 0 Å². The minimum Gasteiger partial charge on any atom is -0.497 e. The van der Waals surface area contributed by atoms with Crippen LogP contribution in [-0.4, -0.2) is 25.8 Å². The molecular formula is C19H27IO4. The monoisotopic (exact) mass is 446 g/mol. The summed E-state index contributed by atoms with van der Waals surface area (Å²) in [4.78, 5) is 12.0. The maximum Gasteiger partial charge on any atom is 0.311 e. The van der Waals surface area contributed by atoms with Gasteiger partial charge in [-0.1, -0.05) is 47.7 Å². The molecule has 0 N–H and O–H groups in total. The maximum absolute atomic E-state index is 12.0. The van der Waals surface area contributed by atoms with E-state index in [0.717, 1.165) is 11.3 Å². The molecule has 0 unspecified atom stereocenters. The van der Waals surface area contributed by atoms with Gasteiger partial charge >= 0.3 is 5.97 Å². The molecule has 0 fully saturated rings. The summed E-state index contributed by atoms with van der Waals surface area (Å²) in [5, 5.41) is 0. The molecule has 0 aliphatic rings. The number of hydrogen-bond acceptors (Lipinski definition) is 4. The third kappa shape index (κ3) is 7.21. The third-order valence-corrected chi connectivity index (χ3v) is 3.99. The van der Waals surface area contributed by atoms with Crippen LogP contribution < -0.4 is 4.74 Å². The van der Waals surface area contributed by atoms with Crippen molar-refractivity contribution in [3.63, 3.8) is 0 Å². The molecule has 1 rings (SSSR count). The van der Waals surface area contributed by atoms with Crippen molar-refractivity contribution >= 4 is 28.6 Å². The summed E-state index contributed by atoms with van der Waals surface area (Å²) in [5.41, 5.74) is 0.539. The number of carbonyl (C=O) groups excluding carboxylic acids is 1. The number of methoxy groups -OCH3 is 1. The lowest BCUT2D eigenvalue weighted by Crippen LogP contribution is -2.31. The van der Waals surface area contributed by atoms with E-state index in [0.29, 0.717) is 6.61 Å². The summed E-state index contributed by atoms with van der Waals surface area (Å²) in [6.07, 6.45) is 1.86. The van der Waals surface area contributed by atoms with Gasteiger partial charge in [-0.15, -0.1) is 0 Å². The lowest BCUT2D eigenvalue weighted by molar-refractivity contribution is -0.158. The fraction of sp³-hybridized carbons (Fsp3) is 0.526. The summed E-state index contributed by atoms with van der Waals surface area (Å²) < 4.78 is 18.6. The molecule has 0 amide bonds. The fourth-order valence-corrected chi connectivity index (χ4v) is 2.54. The predicted octanol–water partition coefficient (Wildman–Crippen LogP) is 4.75. The molecule has 2 atom stereocenters. The standard InChI is InChI=1S/C19H27IO4/c1-14(10-11-20)17(13-24-18(21)19(2,3)4)23-12-15-6-8-16(22-5)9-7-15/h6-11,14,17H,12-13H2,1-5H3/b11-10+/t14-,17+/m1/s1. The van der Waals surface area contributed by atoms with Gasteiger partial charge in [0.05, 0.1) is 25.2 Å². The zero-order valence-corrected chi connectivity index (χ0v) is 17.2. The van der Waals surface area contributed by atoms with E-state index in [4.69, 9.17) is 14.2 Å². The first-order valence-corrected chi connectivity index (χ1v) is 9.21. The van der Waals surface area contributed by atoms with E-state index in [9.17, 15) is 4.79 Å². The van der Waals surface area contributed by atoms with Gasteiger partial charge in [-0.05, 0) is 42.6 Å². The van der Waals surface area contributed by atoms with Crippen molar-refractivity contribution in [3.05, 3.63) is 40.0 Å². The molecule has 1 aromatic carbocycles. The van der Waals surface area contributed by atoms with E-state index in [1.165, 1.54) is 0 Å². The van der Waals surface area contributed by atoms with E-state index in [1.807, 2.05) is 55.2 Å². The van der Waals surface area contributed by atoms with Gasteiger partial charge in [0, 0.05) is 5.92 Å². The summed E-state index contributed by atoms with van der Waals surface area (Å²) in [6.45, 7) is 8.29. The molecule has 0 saturated heterocycles. The third-order valence-electron chi connectivity index (χ3n) is 3.58. The average Bonchev–Trinajstić information content (AvgIpc) is 2.54. The molecule has 0 radical (unpaired) electrons. The first-order valence-electron chi connectivity index (χ1n) is 7.96. The highest BCUT2D eigenvalue weighted by Crippen LogP contribution is 2.19. The number of benzene rings is 1. The minimum atomic E-state index is -0.511. The fourth-order valence-electron chi connectivity index (χ4n) is 1.89. The minimum absolute atomic E-state index is 0.146. The van der Waals surface area contributed by atoms with Crippen LogP contribution in [0.15, 0.2) is 34.4 Å². The normalized spacial score (nSPS) is 14.4. The Hall–Kier alpha value is -1.08. The molecule has 0 saturated carbocycles. The second-order valence-electron chi connectivity index (χ2n) is 6.72. The molecule has 4 nitrogen and oxygen atoms in total. The summed E-state index contributed by atoms with van der Waals surface area (Å²) in [5.74, 6) is 0.745. The smallest absolute Gasteiger partial charge is 0.311 e. The Kier molecular flexibility index (Phi) is 8.76. The average molecular weight is 446 g/mol. The molecule has 0 aromatic heterocycles. The zero-order valence-electron chi connectivity index (χ0n) is 15.0. The quantitative estimate of drug-likeness (QED) is 0.427. The predicted molar refractivity (Wildman–Crippen MR) is 104 cm³/mol. The Balaban J connectivity index is 2.66. The van der Waals surface area contributed by atoms with E-state index in [1.54, 1.807) is 7.11 Å². The summed E-state index contributed by atoms with van der Waals surface area (Å²) in [6, 6.07) is 7.74. The number of halogens is 1. The van der Waals surface area contributed by atoms with Crippen LogP contribution in [-0.2, 0) is 20.9 Å². The van der Waals surface area contributed by atoms with Crippen molar-refractivity contribution in [2.75, 3.05) is 13.7 Å². The molecule has 0 heterocycles. The maximum atomic E-state index is 12.0. The molecule has 0 aliphatic carbocycles. The lowest BCUT2D eigenvalue weighted by Gasteiger charge is -2.24. The van der Waals surface area contributed by atoms with E-state index in [2.05, 4.69) is 29.5 Å². The summed E-state index contributed by atoms with van der Waals surface area (Å²) >= 11 is 2.18. The van der Waals surface area contributed by atoms with Gasteiger partial charge in [0.2, 0.25) is 0 Å². The van der Waals surface area contributed by atoms with Crippen LogP contribution >= 0.6 is 22.6 Å². The SMILES string of the molecule is COc1ccc(CO[C@@H](COC(=O)C(C)(C)C)[C@H](C)/C=C/I)cc1. The number of esters is 1. The number of carbonyl (C=O) groups is 1. The molecule has 1 aromatic rings. The van der Waals surface area contributed by atoms with Crippen LogP contribution in [0.2, 0.25) is 0 Å². The van der Waals surface area contributed by atoms with Crippen LogP contribution in [0, 0.1) is 11.3 Å². The van der Waals surface area contributed by atoms with Crippen molar-refractivity contribution < 1.29 is 19.0 Å². The van der Waals surface area contributed by atoms with E-state index < -0.39 is 5.41 Å². The number of hydrogen-bond donors (Lipinski definition) is 0. The van der Waals surface area contributed by atoms with Gasteiger partial charge in [0.1, 0.15) is 12.4 Å². The first-order chi connectivity index (χ1) is 11.3. The van der Waals surface area contributed by atoms with Gasteiger partial charge in [0.25, 0.3) is 0 Å². The molecule has 0 bridgehead atoms. The van der Waals surface area contributed by atoms with Crippen molar-refractivity contribution in [2.45, 2.75) is 40.4 Å². The largest absolute Gasteiger partial charge is 0.497 e. The molecule has 0 spiro atoms. The van der Waals surface area contributed by atoms with Gasteiger partial charge in [-0.25, -0.2) is 0 Å². The van der Waals surface area contributed by atoms with Crippen molar-refractivity contribution in [1.82, 2.24) is 0 Å². The van der Waals surface area contributed by atoms with Crippen LogP contribution in [0.1, 0.15) is 33.3 Å². The van der Waals surface area contributed by atoms with Crippen LogP contribution in [0.3, 0.4) is 0 Å². The first kappa shape index (κ1) is 21.0. The van der Waals surface area contributed by atoms with Gasteiger partial charge in [-0.3, -0.25) is 4.79 Å². The van der Waals surface area contributed by atoms with Crippen LogP contribution in [0.25, 0.3) is 0 Å². The lowest BCUT2D eigenvalue weighted by atomic mass is 9.97. The van der Waals surface area contributed by atoms with Gasteiger partial charge in [0.15, 0.2) is 0 Å². The summed E-state index contributed by atoms with van der Waals surface area (Å²) in [7, 11) is 1.64. The van der Waals surface area contributed by atoms with E-state index >= 15 is 0 Å². The Morgan fingerprint density at radius 2 is 1.88 bits per heavy atom.